The van der Waals surface area contributed by atoms with Crippen LogP contribution in [0.1, 0.15) is 63.4 Å². The first kappa shape index (κ1) is 17.7. The molecule has 4 rings (SSSR count). The lowest BCUT2D eigenvalue weighted by molar-refractivity contribution is 0.116. The van der Waals surface area contributed by atoms with Crippen LogP contribution in [0.2, 0.25) is 0 Å². The first-order chi connectivity index (χ1) is 12.6. The van der Waals surface area contributed by atoms with Crippen molar-refractivity contribution in [2.24, 2.45) is 17.8 Å². The third-order valence-electron chi connectivity index (χ3n) is 6.93. The predicted octanol–water partition coefficient (Wildman–Crippen LogP) is 7.34. The van der Waals surface area contributed by atoms with E-state index in [9.17, 15) is 8.78 Å². The fourth-order valence-corrected chi connectivity index (χ4v) is 5.28. The van der Waals surface area contributed by atoms with E-state index in [0.717, 1.165) is 28.9 Å². The lowest BCUT2D eigenvalue weighted by atomic mass is 9.63. The van der Waals surface area contributed by atoms with E-state index in [1.165, 1.54) is 62.6 Å². The highest BCUT2D eigenvalue weighted by Crippen LogP contribution is 2.48. The summed E-state index contributed by atoms with van der Waals surface area (Å²) in [6.45, 7) is 2.34. The maximum atomic E-state index is 13.5. The summed E-state index contributed by atoms with van der Waals surface area (Å²) in [4.78, 5) is 0. The molecular weight excluding hydrogens is 326 g/mol. The normalized spacial score (nSPS) is 28.6. The Morgan fingerprint density at radius 1 is 0.769 bits per heavy atom. The molecule has 0 spiro atoms. The topological polar surface area (TPSA) is 0 Å². The molecule has 4 unspecified atom stereocenters. The standard InChI is InChI=1S/C24H28F2/c1-2-16-3-4-21-14-20(10-9-19(21)13-16)17-5-7-18(8-6-17)22-11-12-23(25)24(26)15-22/h5-8,11-12,15-16,19-21H,2-4,9-10,13-14H2,1H3. The van der Waals surface area contributed by atoms with E-state index in [0.29, 0.717) is 5.92 Å². The number of fused-ring (bicyclic) bond motifs is 1. The van der Waals surface area contributed by atoms with Crippen LogP contribution >= 0.6 is 0 Å². The Morgan fingerprint density at radius 3 is 2.19 bits per heavy atom. The predicted molar refractivity (Wildman–Crippen MR) is 103 cm³/mol. The van der Waals surface area contributed by atoms with Crippen LogP contribution in [0.5, 0.6) is 0 Å². The van der Waals surface area contributed by atoms with Gasteiger partial charge in [-0.05, 0) is 84.6 Å². The van der Waals surface area contributed by atoms with Gasteiger partial charge in [0, 0.05) is 0 Å². The Balaban J connectivity index is 1.45. The Labute approximate surface area is 155 Å². The summed E-state index contributed by atoms with van der Waals surface area (Å²) < 4.78 is 26.6. The van der Waals surface area contributed by atoms with Crippen LogP contribution < -0.4 is 0 Å². The summed E-state index contributed by atoms with van der Waals surface area (Å²) >= 11 is 0. The summed E-state index contributed by atoms with van der Waals surface area (Å²) in [6.07, 6.45) is 9.61. The zero-order valence-corrected chi connectivity index (χ0v) is 15.6. The second-order valence-corrected chi connectivity index (χ2v) is 8.37. The van der Waals surface area contributed by atoms with Crippen LogP contribution in [-0.4, -0.2) is 0 Å². The molecule has 26 heavy (non-hydrogen) atoms. The second kappa shape index (κ2) is 7.50. The molecule has 2 fully saturated rings. The Hall–Kier alpha value is -1.70. The summed E-state index contributed by atoms with van der Waals surface area (Å²) in [5, 5.41) is 0. The van der Waals surface area contributed by atoms with E-state index in [4.69, 9.17) is 0 Å². The van der Waals surface area contributed by atoms with E-state index in [2.05, 4.69) is 31.2 Å². The molecule has 0 nitrogen and oxygen atoms in total. The molecule has 138 valence electrons. The third-order valence-corrected chi connectivity index (χ3v) is 6.93. The number of halogens is 2. The molecule has 0 amide bonds. The van der Waals surface area contributed by atoms with Crippen LogP contribution in [0.25, 0.3) is 11.1 Å². The van der Waals surface area contributed by atoms with Gasteiger partial charge in [0.15, 0.2) is 11.6 Å². The minimum absolute atomic E-state index is 0.661. The SMILES string of the molecule is CCC1CCC2CC(c3ccc(-c4ccc(F)c(F)c4)cc3)CCC2C1. The molecule has 0 radical (unpaired) electrons. The minimum atomic E-state index is -0.792. The molecule has 2 saturated carbocycles. The smallest absolute Gasteiger partial charge is 0.159 e. The van der Waals surface area contributed by atoms with E-state index in [-0.39, 0.29) is 0 Å². The zero-order valence-electron chi connectivity index (χ0n) is 15.6. The van der Waals surface area contributed by atoms with Gasteiger partial charge in [0.25, 0.3) is 0 Å². The van der Waals surface area contributed by atoms with E-state index >= 15 is 0 Å². The van der Waals surface area contributed by atoms with Crippen molar-refractivity contribution in [2.75, 3.05) is 0 Å². The number of rotatable bonds is 3. The van der Waals surface area contributed by atoms with Crippen molar-refractivity contribution in [2.45, 2.75) is 57.8 Å². The molecule has 0 heterocycles. The van der Waals surface area contributed by atoms with Gasteiger partial charge in [-0.2, -0.15) is 0 Å². The average Bonchev–Trinajstić information content (AvgIpc) is 2.69. The number of benzene rings is 2. The van der Waals surface area contributed by atoms with Crippen LogP contribution in [-0.2, 0) is 0 Å². The van der Waals surface area contributed by atoms with Gasteiger partial charge in [0.05, 0.1) is 0 Å². The first-order valence-electron chi connectivity index (χ1n) is 10.2. The quantitative estimate of drug-likeness (QED) is 0.541. The molecule has 2 aromatic carbocycles. The van der Waals surface area contributed by atoms with Gasteiger partial charge in [-0.3, -0.25) is 0 Å². The number of hydrogen-bond acceptors (Lipinski definition) is 0. The Bertz CT molecular complexity index is 749. The van der Waals surface area contributed by atoms with Crippen molar-refractivity contribution in [1.82, 2.24) is 0 Å². The van der Waals surface area contributed by atoms with Crippen molar-refractivity contribution < 1.29 is 8.78 Å². The molecule has 0 aliphatic heterocycles. The lowest BCUT2D eigenvalue weighted by Crippen LogP contribution is -2.30. The van der Waals surface area contributed by atoms with Gasteiger partial charge in [0.2, 0.25) is 0 Å². The van der Waals surface area contributed by atoms with Crippen LogP contribution in [0.4, 0.5) is 8.78 Å². The fourth-order valence-electron chi connectivity index (χ4n) is 5.28. The van der Waals surface area contributed by atoms with Crippen molar-refractivity contribution in [1.29, 1.82) is 0 Å². The summed E-state index contributed by atoms with van der Waals surface area (Å²) in [7, 11) is 0. The van der Waals surface area contributed by atoms with Crippen molar-refractivity contribution in [3.63, 3.8) is 0 Å². The van der Waals surface area contributed by atoms with E-state index in [1.807, 2.05) is 0 Å². The van der Waals surface area contributed by atoms with Gasteiger partial charge in [-0.1, -0.05) is 50.1 Å². The molecule has 2 heteroatoms. The molecule has 0 saturated heterocycles. The van der Waals surface area contributed by atoms with Crippen molar-refractivity contribution in [3.8, 4) is 11.1 Å². The van der Waals surface area contributed by atoms with Crippen molar-refractivity contribution >= 4 is 0 Å². The largest absolute Gasteiger partial charge is 0.204 e. The molecule has 4 atom stereocenters. The van der Waals surface area contributed by atoms with Gasteiger partial charge in [-0.15, -0.1) is 0 Å². The average molecular weight is 354 g/mol. The number of hydrogen-bond donors (Lipinski definition) is 0. The highest BCUT2D eigenvalue weighted by Gasteiger charge is 2.35. The molecular formula is C24H28F2. The highest BCUT2D eigenvalue weighted by atomic mass is 19.2. The van der Waals surface area contributed by atoms with Crippen molar-refractivity contribution in [3.05, 3.63) is 59.7 Å². The zero-order chi connectivity index (χ0) is 18.1. The monoisotopic (exact) mass is 354 g/mol. The van der Waals surface area contributed by atoms with Gasteiger partial charge < -0.3 is 0 Å². The molecule has 0 aromatic heterocycles. The molecule has 2 aromatic rings. The van der Waals surface area contributed by atoms with Crippen LogP contribution in [0.15, 0.2) is 42.5 Å². The Morgan fingerprint density at radius 2 is 1.46 bits per heavy atom. The molecule has 0 N–H and O–H groups in total. The lowest BCUT2D eigenvalue weighted by Gasteiger charge is -2.42. The molecule has 2 aliphatic rings. The van der Waals surface area contributed by atoms with E-state index < -0.39 is 11.6 Å². The third kappa shape index (κ3) is 3.56. The minimum Gasteiger partial charge on any atom is -0.204 e. The summed E-state index contributed by atoms with van der Waals surface area (Å²) in [5.74, 6) is 1.90. The summed E-state index contributed by atoms with van der Waals surface area (Å²) in [5.41, 5.74) is 3.09. The molecule has 0 bridgehead atoms. The van der Waals surface area contributed by atoms with E-state index in [1.54, 1.807) is 6.07 Å². The van der Waals surface area contributed by atoms with Gasteiger partial charge in [0.1, 0.15) is 0 Å². The summed E-state index contributed by atoms with van der Waals surface area (Å²) in [6, 6.07) is 12.6. The first-order valence-corrected chi connectivity index (χ1v) is 10.2. The maximum Gasteiger partial charge on any atom is 0.159 e. The van der Waals surface area contributed by atoms with Gasteiger partial charge >= 0.3 is 0 Å². The highest BCUT2D eigenvalue weighted by molar-refractivity contribution is 5.63. The molecule has 2 aliphatic carbocycles. The maximum absolute atomic E-state index is 13.5. The Kier molecular flexibility index (Phi) is 5.11. The fraction of sp³-hybridized carbons (Fsp3) is 0.500. The van der Waals surface area contributed by atoms with Crippen LogP contribution in [0, 0.1) is 29.4 Å². The second-order valence-electron chi connectivity index (χ2n) is 8.37. The van der Waals surface area contributed by atoms with Gasteiger partial charge in [-0.25, -0.2) is 8.78 Å². The van der Waals surface area contributed by atoms with Crippen LogP contribution in [0.3, 0.4) is 0 Å².